The van der Waals surface area contributed by atoms with Gasteiger partial charge < -0.3 is 5.73 Å². The third-order valence-corrected chi connectivity index (χ3v) is 5.65. The maximum absolute atomic E-state index is 11.9. The van der Waals surface area contributed by atoms with Gasteiger partial charge in [-0.3, -0.25) is 0 Å². The van der Waals surface area contributed by atoms with Crippen LogP contribution in [0, 0.1) is 5.92 Å². The average Bonchev–Trinajstić information content (AvgIpc) is 2.57. The van der Waals surface area contributed by atoms with Crippen LogP contribution in [0.2, 0.25) is 0 Å². The molecule has 1 fully saturated rings. The van der Waals surface area contributed by atoms with E-state index in [4.69, 9.17) is 5.73 Å². The van der Waals surface area contributed by atoms with Crippen molar-refractivity contribution in [3.63, 3.8) is 0 Å². The first-order valence-corrected chi connectivity index (χ1v) is 7.23. The predicted molar refractivity (Wildman–Crippen MR) is 58.9 cm³/mol. The molecule has 1 saturated carbocycles. The van der Waals surface area contributed by atoms with E-state index < -0.39 is 9.84 Å². The largest absolute Gasteiger partial charge is 0.329 e. The van der Waals surface area contributed by atoms with Crippen LogP contribution in [0.15, 0.2) is 0 Å². The van der Waals surface area contributed by atoms with Crippen molar-refractivity contribution in [2.75, 3.05) is 12.3 Å². The molecular formula is C10H21NO2S. The summed E-state index contributed by atoms with van der Waals surface area (Å²) in [6.07, 6.45) is 5.20. The Hall–Kier alpha value is -0.0900. The summed E-state index contributed by atoms with van der Waals surface area (Å²) < 4.78 is 23.7. The Balaban J connectivity index is 2.55. The Kier molecular flexibility index (Phi) is 4.38. The molecule has 0 aromatic rings. The minimum atomic E-state index is -2.93. The second-order valence-corrected chi connectivity index (χ2v) is 6.57. The van der Waals surface area contributed by atoms with Gasteiger partial charge in [-0.25, -0.2) is 8.42 Å². The lowest BCUT2D eigenvalue weighted by molar-refractivity contribution is 0.544. The third-order valence-electron chi connectivity index (χ3n) is 3.17. The Morgan fingerprint density at radius 3 is 2.36 bits per heavy atom. The standard InChI is InChI=1S/C10H21NO2S/c1-2-10(7-11)14(12,13)8-9-5-3-4-6-9/h9-10H,2-8,11H2,1H3. The van der Waals surface area contributed by atoms with Gasteiger partial charge >= 0.3 is 0 Å². The molecule has 1 aliphatic carbocycles. The van der Waals surface area contributed by atoms with Crippen LogP contribution in [0.5, 0.6) is 0 Å². The number of rotatable bonds is 5. The minimum Gasteiger partial charge on any atom is -0.329 e. The SMILES string of the molecule is CCC(CN)S(=O)(=O)CC1CCCC1. The van der Waals surface area contributed by atoms with Gasteiger partial charge in [0.1, 0.15) is 0 Å². The van der Waals surface area contributed by atoms with Crippen LogP contribution < -0.4 is 5.73 Å². The zero-order valence-corrected chi connectivity index (χ0v) is 9.72. The van der Waals surface area contributed by atoms with Crippen LogP contribution in [0.4, 0.5) is 0 Å². The molecule has 0 saturated heterocycles. The summed E-state index contributed by atoms with van der Waals surface area (Å²) in [6.45, 7) is 2.16. The zero-order chi connectivity index (χ0) is 10.6. The van der Waals surface area contributed by atoms with E-state index in [1.54, 1.807) is 0 Å². The van der Waals surface area contributed by atoms with Gasteiger partial charge in [0.2, 0.25) is 0 Å². The molecule has 0 aliphatic heterocycles. The molecule has 3 nitrogen and oxygen atoms in total. The second-order valence-electron chi connectivity index (χ2n) is 4.25. The lowest BCUT2D eigenvalue weighted by Gasteiger charge is -2.16. The molecule has 1 rings (SSSR count). The highest BCUT2D eigenvalue weighted by atomic mass is 32.2. The topological polar surface area (TPSA) is 60.2 Å². The smallest absolute Gasteiger partial charge is 0.154 e. The number of hydrogen-bond donors (Lipinski definition) is 1. The van der Waals surface area contributed by atoms with E-state index in [2.05, 4.69) is 0 Å². The third kappa shape index (κ3) is 2.95. The summed E-state index contributed by atoms with van der Waals surface area (Å²) >= 11 is 0. The monoisotopic (exact) mass is 219 g/mol. The van der Waals surface area contributed by atoms with Crippen molar-refractivity contribution < 1.29 is 8.42 Å². The molecule has 0 spiro atoms. The normalized spacial score (nSPS) is 21.3. The molecule has 0 heterocycles. The van der Waals surface area contributed by atoms with Gasteiger partial charge in [-0.05, 0) is 25.2 Å². The molecular weight excluding hydrogens is 198 g/mol. The van der Waals surface area contributed by atoms with Gasteiger partial charge in [0.15, 0.2) is 9.84 Å². The molecule has 1 unspecified atom stereocenters. The van der Waals surface area contributed by atoms with Crippen LogP contribution >= 0.6 is 0 Å². The highest BCUT2D eigenvalue weighted by Gasteiger charge is 2.27. The second kappa shape index (κ2) is 5.12. The summed E-state index contributed by atoms with van der Waals surface area (Å²) in [4.78, 5) is 0. The molecule has 0 bridgehead atoms. The first-order chi connectivity index (χ1) is 6.60. The molecule has 0 radical (unpaired) electrons. The Bertz CT molecular complexity index is 251. The maximum atomic E-state index is 11.9. The Morgan fingerprint density at radius 2 is 1.93 bits per heavy atom. The molecule has 1 aliphatic rings. The average molecular weight is 219 g/mol. The fourth-order valence-electron chi connectivity index (χ4n) is 2.21. The summed E-state index contributed by atoms with van der Waals surface area (Å²) in [5.74, 6) is 0.767. The van der Waals surface area contributed by atoms with Crippen molar-refractivity contribution in [3.05, 3.63) is 0 Å². The molecule has 2 N–H and O–H groups in total. The maximum Gasteiger partial charge on any atom is 0.154 e. The van der Waals surface area contributed by atoms with E-state index in [1.165, 1.54) is 12.8 Å². The van der Waals surface area contributed by atoms with E-state index in [9.17, 15) is 8.42 Å². The van der Waals surface area contributed by atoms with Crippen LogP contribution in [-0.2, 0) is 9.84 Å². The molecule has 0 aromatic heterocycles. The molecule has 14 heavy (non-hydrogen) atoms. The van der Waals surface area contributed by atoms with Gasteiger partial charge in [-0.1, -0.05) is 19.8 Å². The van der Waals surface area contributed by atoms with Crippen LogP contribution in [0.3, 0.4) is 0 Å². The van der Waals surface area contributed by atoms with E-state index in [-0.39, 0.29) is 11.8 Å². The fraction of sp³-hybridized carbons (Fsp3) is 1.00. The van der Waals surface area contributed by atoms with Gasteiger partial charge in [-0.2, -0.15) is 0 Å². The van der Waals surface area contributed by atoms with Crippen molar-refractivity contribution in [1.29, 1.82) is 0 Å². The van der Waals surface area contributed by atoms with Gasteiger partial charge in [0.25, 0.3) is 0 Å². The predicted octanol–water partition coefficient (Wildman–Crippen LogP) is 1.33. The lowest BCUT2D eigenvalue weighted by Crippen LogP contribution is -2.32. The highest BCUT2D eigenvalue weighted by Crippen LogP contribution is 2.27. The molecule has 0 aromatic carbocycles. The zero-order valence-electron chi connectivity index (χ0n) is 8.91. The summed E-state index contributed by atoms with van der Waals surface area (Å²) in [5.41, 5.74) is 5.46. The van der Waals surface area contributed by atoms with Crippen molar-refractivity contribution >= 4 is 9.84 Å². The summed E-state index contributed by atoms with van der Waals surface area (Å²) in [5, 5.41) is -0.317. The van der Waals surface area contributed by atoms with Gasteiger partial charge in [-0.15, -0.1) is 0 Å². The molecule has 4 heteroatoms. The van der Waals surface area contributed by atoms with Crippen molar-refractivity contribution in [3.8, 4) is 0 Å². The van der Waals surface area contributed by atoms with Crippen LogP contribution in [0.25, 0.3) is 0 Å². The van der Waals surface area contributed by atoms with Gasteiger partial charge in [0.05, 0.1) is 11.0 Å². The highest BCUT2D eigenvalue weighted by molar-refractivity contribution is 7.92. The fourth-order valence-corrected chi connectivity index (χ4v) is 4.27. The minimum absolute atomic E-state index is 0.269. The molecule has 0 amide bonds. The summed E-state index contributed by atoms with van der Waals surface area (Å²) in [7, 11) is -2.93. The number of sulfone groups is 1. The summed E-state index contributed by atoms with van der Waals surface area (Å²) in [6, 6.07) is 0. The lowest BCUT2D eigenvalue weighted by atomic mass is 10.1. The quantitative estimate of drug-likeness (QED) is 0.759. The van der Waals surface area contributed by atoms with E-state index in [0.717, 1.165) is 12.8 Å². The van der Waals surface area contributed by atoms with E-state index >= 15 is 0 Å². The first-order valence-electron chi connectivity index (χ1n) is 5.51. The molecule has 1 atom stereocenters. The molecule has 84 valence electrons. The van der Waals surface area contributed by atoms with E-state index in [1.807, 2.05) is 6.92 Å². The van der Waals surface area contributed by atoms with E-state index in [0.29, 0.717) is 18.1 Å². The van der Waals surface area contributed by atoms with Crippen molar-refractivity contribution in [1.82, 2.24) is 0 Å². The van der Waals surface area contributed by atoms with Crippen molar-refractivity contribution in [2.45, 2.75) is 44.3 Å². The first kappa shape index (κ1) is 12.0. The Labute approximate surface area is 87.0 Å². The van der Waals surface area contributed by atoms with Crippen molar-refractivity contribution in [2.24, 2.45) is 11.7 Å². The Morgan fingerprint density at radius 1 is 1.36 bits per heavy atom. The number of nitrogens with two attached hydrogens (primary N) is 1. The van der Waals surface area contributed by atoms with Gasteiger partial charge in [0, 0.05) is 6.54 Å². The van der Waals surface area contributed by atoms with Crippen LogP contribution in [-0.4, -0.2) is 26.0 Å². The number of hydrogen-bond acceptors (Lipinski definition) is 3. The van der Waals surface area contributed by atoms with Crippen LogP contribution in [0.1, 0.15) is 39.0 Å².